The van der Waals surface area contributed by atoms with Gasteiger partial charge in [-0.3, -0.25) is 4.79 Å². The maximum Gasteiger partial charge on any atom is 0.246 e. The number of carbonyl (C=O) groups is 1. The summed E-state index contributed by atoms with van der Waals surface area (Å²) in [6.07, 6.45) is 2.74. The molecule has 37 heavy (non-hydrogen) atoms. The Balaban J connectivity index is 1.47. The third-order valence-electron chi connectivity index (χ3n) is 6.90. The standard InChI is InChI=1S/C27H29F3N6O/c1-15(2)36-23-11-17(10-21(29)26(23)35(3)14-24(36)37)25-22(30)13-32-27(34-25)33-18-4-5-19(20(28)12-18)16-6-8-31-9-7-16/h4-5,10-13,15-16,31H,6-9,14H2,1-3H3,(H,32,33,34). The van der Waals surface area contributed by atoms with Gasteiger partial charge in [0.1, 0.15) is 17.3 Å². The minimum atomic E-state index is -0.746. The van der Waals surface area contributed by atoms with Crippen molar-refractivity contribution in [2.24, 2.45) is 0 Å². The van der Waals surface area contributed by atoms with Crippen LogP contribution >= 0.6 is 0 Å². The Labute approximate surface area is 213 Å². The number of piperidine rings is 1. The topological polar surface area (TPSA) is 73.4 Å². The number of halogens is 3. The number of anilines is 4. The number of nitrogens with zero attached hydrogens (tertiary/aromatic N) is 4. The molecular formula is C27H29F3N6O. The Morgan fingerprint density at radius 2 is 1.81 bits per heavy atom. The molecule has 1 fully saturated rings. The number of aromatic nitrogens is 2. The van der Waals surface area contributed by atoms with Gasteiger partial charge in [-0.1, -0.05) is 6.07 Å². The number of hydrogen-bond acceptors (Lipinski definition) is 6. The molecule has 3 aromatic rings. The molecule has 3 heterocycles. The van der Waals surface area contributed by atoms with Gasteiger partial charge in [-0.2, -0.15) is 0 Å². The van der Waals surface area contributed by atoms with Gasteiger partial charge in [-0.05, 0) is 75.5 Å². The largest absolute Gasteiger partial charge is 0.361 e. The van der Waals surface area contributed by atoms with Crippen molar-refractivity contribution in [3.63, 3.8) is 0 Å². The predicted octanol–water partition coefficient (Wildman–Crippen LogP) is 4.96. The molecule has 1 saturated heterocycles. The second kappa shape index (κ2) is 10.0. The van der Waals surface area contributed by atoms with E-state index in [2.05, 4.69) is 20.6 Å². The van der Waals surface area contributed by atoms with E-state index in [-0.39, 0.29) is 53.1 Å². The summed E-state index contributed by atoms with van der Waals surface area (Å²) in [5.41, 5.74) is 1.76. The molecular weight excluding hydrogens is 481 g/mol. The molecule has 0 bridgehead atoms. The SMILES string of the molecule is CC(C)N1C(=O)CN(C)c2c(F)cc(-c3nc(Nc4ccc(C5CCNCC5)c(F)c4)ncc3F)cc21. The summed E-state index contributed by atoms with van der Waals surface area (Å²) in [6.45, 7) is 5.43. The van der Waals surface area contributed by atoms with Gasteiger partial charge >= 0.3 is 0 Å². The molecule has 5 rings (SSSR count). The lowest BCUT2D eigenvalue weighted by atomic mass is 9.90. The number of likely N-dealkylation sites (N-methyl/N-ethyl adjacent to an activating group) is 1. The van der Waals surface area contributed by atoms with Crippen LogP contribution in [0.3, 0.4) is 0 Å². The minimum Gasteiger partial charge on any atom is -0.361 e. The molecule has 7 nitrogen and oxygen atoms in total. The Bertz CT molecular complexity index is 1340. The molecule has 194 valence electrons. The number of amides is 1. The molecule has 2 N–H and O–H groups in total. The van der Waals surface area contributed by atoms with Gasteiger partial charge in [0.05, 0.1) is 24.1 Å². The number of hydrogen-bond donors (Lipinski definition) is 2. The summed E-state index contributed by atoms with van der Waals surface area (Å²) in [5.74, 6) is -1.63. The summed E-state index contributed by atoms with van der Waals surface area (Å²) in [5, 5.41) is 6.20. The smallest absolute Gasteiger partial charge is 0.246 e. The zero-order valence-electron chi connectivity index (χ0n) is 21.0. The van der Waals surface area contributed by atoms with Gasteiger partial charge < -0.3 is 20.4 Å². The molecule has 1 aromatic heterocycles. The number of fused-ring (bicyclic) bond motifs is 1. The van der Waals surface area contributed by atoms with E-state index in [1.54, 1.807) is 30.1 Å². The number of nitrogens with one attached hydrogen (secondary N) is 2. The van der Waals surface area contributed by atoms with Gasteiger partial charge in [0.15, 0.2) is 5.82 Å². The lowest BCUT2D eigenvalue weighted by Crippen LogP contribution is -2.47. The predicted molar refractivity (Wildman–Crippen MR) is 138 cm³/mol. The summed E-state index contributed by atoms with van der Waals surface area (Å²) in [7, 11) is 1.64. The first-order chi connectivity index (χ1) is 17.7. The van der Waals surface area contributed by atoms with Crippen LogP contribution in [0.1, 0.15) is 38.2 Å². The number of rotatable bonds is 5. The van der Waals surface area contributed by atoms with Crippen LogP contribution in [-0.2, 0) is 4.79 Å². The Morgan fingerprint density at radius 3 is 2.51 bits per heavy atom. The highest BCUT2D eigenvalue weighted by Gasteiger charge is 2.32. The molecule has 2 aromatic carbocycles. The molecule has 0 saturated carbocycles. The molecule has 10 heteroatoms. The van der Waals surface area contributed by atoms with Gasteiger partial charge in [-0.15, -0.1) is 0 Å². The van der Waals surface area contributed by atoms with E-state index in [0.29, 0.717) is 16.9 Å². The van der Waals surface area contributed by atoms with Crippen LogP contribution in [0.15, 0.2) is 36.5 Å². The highest BCUT2D eigenvalue weighted by Crippen LogP contribution is 2.40. The molecule has 0 unspecified atom stereocenters. The fourth-order valence-electron chi connectivity index (χ4n) is 5.17. The fraction of sp³-hybridized carbons (Fsp3) is 0.370. The average Bonchev–Trinajstić information content (AvgIpc) is 2.85. The van der Waals surface area contributed by atoms with Gasteiger partial charge in [0, 0.05) is 24.3 Å². The monoisotopic (exact) mass is 510 g/mol. The average molecular weight is 511 g/mol. The van der Waals surface area contributed by atoms with Crippen molar-refractivity contribution in [2.45, 2.75) is 38.6 Å². The van der Waals surface area contributed by atoms with Crippen molar-refractivity contribution in [2.75, 3.05) is 41.8 Å². The van der Waals surface area contributed by atoms with Crippen molar-refractivity contribution in [3.05, 3.63) is 59.5 Å². The first kappa shape index (κ1) is 25.0. The van der Waals surface area contributed by atoms with Crippen molar-refractivity contribution in [3.8, 4) is 11.3 Å². The zero-order chi connectivity index (χ0) is 26.3. The maximum absolute atomic E-state index is 15.2. The zero-order valence-corrected chi connectivity index (χ0v) is 21.0. The molecule has 0 radical (unpaired) electrons. The van der Waals surface area contributed by atoms with Gasteiger partial charge in [0.25, 0.3) is 0 Å². The Hall–Kier alpha value is -3.66. The van der Waals surface area contributed by atoms with Crippen molar-refractivity contribution in [1.82, 2.24) is 15.3 Å². The second-order valence-electron chi connectivity index (χ2n) is 9.82. The summed E-state index contributed by atoms with van der Waals surface area (Å²) in [6, 6.07) is 7.42. The van der Waals surface area contributed by atoms with Crippen molar-refractivity contribution >= 4 is 28.9 Å². The lowest BCUT2D eigenvalue weighted by Gasteiger charge is -2.38. The lowest BCUT2D eigenvalue weighted by molar-refractivity contribution is -0.117. The van der Waals surface area contributed by atoms with E-state index in [4.69, 9.17) is 0 Å². The highest BCUT2D eigenvalue weighted by atomic mass is 19.1. The first-order valence-corrected chi connectivity index (χ1v) is 12.4. The fourth-order valence-corrected chi connectivity index (χ4v) is 5.17. The Kier molecular flexibility index (Phi) is 6.76. The van der Waals surface area contributed by atoms with Crippen LogP contribution in [0.2, 0.25) is 0 Å². The van der Waals surface area contributed by atoms with E-state index < -0.39 is 11.6 Å². The third-order valence-corrected chi connectivity index (χ3v) is 6.90. The van der Waals surface area contributed by atoms with E-state index >= 15 is 4.39 Å². The normalized spacial score (nSPS) is 16.4. The summed E-state index contributed by atoms with van der Waals surface area (Å²) >= 11 is 0. The van der Waals surface area contributed by atoms with Crippen LogP contribution in [0.25, 0.3) is 11.3 Å². The van der Waals surface area contributed by atoms with Crippen LogP contribution < -0.4 is 20.4 Å². The van der Waals surface area contributed by atoms with Crippen LogP contribution in [0, 0.1) is 17.5 Å². The molecule has 0 atom stereocenters. The van der Waals surface area contributed by atoms with Gasteiger partial charge in [-0.25, -0.2) is 23.1 Å². The molecule has 0 spiro atoms. The number of benzene rings is 2. The first-order valence-electron chi connectivity index (χ1n) is 12.4. The summed E-state index contributed by atoms with van der Waals surface area (Å²) < 4.78 is 45.0. The van der Waals surface area contributed by atoms with Crippen molar-refractivity contribution in [1.29, 1.82) is 0 Å². The van der Waals surface area contributed by atoms with E-state index in [0.717, 1.165) is 32.1 Å². The quantitative estimate of drug-likeness (QED) is 0.506. The van der Waals surface area contributed by atoms with Crippen LogP contribution in [0.4, 0.5) is 36.2 Å². The molecule has 2 aliphatic heterocycles. The van der Waals surface area contributed by atoms with Crippen molar-refractivity contribution < 1.29 is 18.0 Å². The highest BCUT2D eigenvalue weighted by molar-refractivity contribution is 6.04. The van der Waals surface area contributed by atoms with Gasteiger partial charge in [0.2, 0.25) is 11.9 Å². The molecule has 2 aliphatic rings. The van der Waals surface area contributed by atoms with Crippen LogP contribution in [0.5, 0.6) is 0 Å². The van der Waals surface area contributed by atoms with Crippen LogP contribution in [-0.4, -0.2) is 48.6 Å². The summed E-state index contributed by atoms with van der Waals surface area (Å²) in [4.78, 5) is 24.0. The third kappa shape index (κ3) is 4.85. The number of carbonyl (C=O) groups excluding carboxylic acids is 1. The second-order valence-corrected chi connectivity index (χ2v) is 9.82. The van der Waals surface area contributed by atoms with E-state index in [1.807, 2.05) is 13.8 Å². The van der Waals surface area contributed by atoms with E-state index in [9.17, 15) is 13.6 Å². The molecule has 0 aliphatic carbocycles. The molecule has 1 amide bonds. The van der Waals surface area contributed by atoms with E-state index in [1.165, 1.54) is 17.0 Å². The Morgan fingerprint density at radius 1 is 1.05 bits per heavy atom. The maximum atomic E-state index is 15.2. The minimum absolute atomic E-state index is 0.0393.